The van der Waals surface area contributed by atoms with Gasteiger partial charge in [0.2, 0.25) is 15.9 Å². The molecular formula is C15H20N2O3S. The fourth-order valence-electron chi connectivity index (χ4n) is 2.71. The minimum atomic E-state index is -3.38. The molecule has 1 saturated carbocycles. The Morgan fingerprint density at radius 2 is 1.76 bits per heavy atom. The van der Waals surface area contributed by atoms with Crippen LogP contribution in [0.25, 0.3) is 0 Å². The van der Waals surface area contributed by atoms with Crippen molar-refractivity contribution in [2.24, 2.45) is 11.8 Å². The van der Waals surface area contributed by atoms with E-state index in [9.17, 15) is 13.2 Å². The summed E-state index contributed by atoms with van der Waals surface area (Å²) in [6.45, 7) is 3.25. The molecule has 1 aliphatic heterocycles. The Bertz CT molecular complexity index is 633. The first-order valence-corrected chi connectivity index (χ1v) is 8.83. The Labute approximate surface area is 125 Å². The highest BCUT2D eigenvalue weighted by molar-refractivity contribution is 7.89. The molecular weight excluding hydrogens is 288 g/mol. The molecule has 1 aromatic rings. The fourth-order valence-corrected chi connectivity index (χ4v) is 4.23. The predicted octanol–water partition coefficient (Wildman–Crippen LogP) is 2.07. The van der Waals surface area contributed by atoms with E-state index in [0.29, 0.717) is 29.6 Å². The first-order chi connectivity index (χ1) is 9.98. The van der Waals surface area contributed by atoms with E-state index >= 15 is 0 Å². The molecule has 0 spiro atoms. The van der Waals surface area contributed by atoms with E-state index in [2.05, 4.69) is 12.2 Å². The molecule has 1 aliphatic carbocycles. The van der Waals surface area contributed by atoms with Gasteiger partial charge in [-0.15, -0.1) is 0 Å². The number of amides is 1. The number of nitrogens with one attached hydrogen (secondary N) is 1. The second-order valence-electron chi connectivity index (χ2n) is 5.94. The van der Waals surface area contributed by atoms with Crippen LogP contribution in [0.15, 0.2) is 29.2 Å². The van der Waals surface area contributed by atoms with Gasteiger partial charge >= 0.3 is 0 Å². The molecule has 0 radical (unpaired) electrons. The molecule has 2 aliphatic rings. The Morgan fingerprint density at radius 3 is 2.29 bits per heavy atom. The molecule has 3 rings (SSSR count). The van der Waals surface area contributed by atoms with E-state index < -0.39 is 10.0 Å². The number of carbonyl (C=O) groups excluding carboxylic acids is 1. The zero-order valence-electron chi connectivity index (χ0n) is 12.1. The van der Waals surface area contributed by atoms with Gasteiger partial charge in [-0.3, -0.25) is 4.79 Å². The second-order valence-corrected chi connectivity index (χ2v) is 7.88. The molecule has 2 atom stereocenters. The highest BCUT2D eigenvalue weighted by Gasteiger charge is 2.39. The first-order valence-electron chi connectivity index (χ1n) is 7.39. The van der Waals surface area contributed by atoms with Gasteiger partial charge in [-0.05, 0) is 49.4 Å². The number of hydrogen-bond donors (Lipinski definition) is 1. The summed E-state index contributed by atoms with van der Waals surface area (Å²) >= 11 is 0. The van der Waals surface area contributed by atoms with Gasteiger partial charge in [0, 0.05) is 24.7 Å². The van der Waals surface area contributed by atoms with E-state index in [0.717, 1.165) is 19.3 Å². The van der Waals surface area contributed by atoms with Crippen molar-refractivity contribution in [3.8, 4) is 0 Å². The van der Waals surface area contributed by atoms with Crippen LogP contribution in [-0.4, -0.2) is 31.7 Å². The normalized spacial score (nSPS) is 25.8. The number of sulfonamides is 1. The van der Waals surface area contributed by atoms with Crippen LogP contribution in [0.3, 0.4) is 0 Å². The lowest BCUT2D eigenvalue weighted by atomic mass is 10.3. The van der Waals surface area contributed by atoms with Gasteiger partial charge in [-0.2, -0.15) is 4.31 Å². The zero-order chi connectivity index (χ0) is 15.0. The number of anilines is 1. The largest absolute Gasteiger partial charge is 0.326 e. The first kappa shape index (κ1) is 14.5. The molecule has 114 valence electrons. The maximum atomic E-state index is 12.4. The van der Waals surface area contributed by atoms with Gasteiger partial charge in [0.25, 0.3) is 0 Å². The summed E-state index contributed by atoms with van der Waals surface area (Å²) in [5.41, 5.74) is 0.652. The van der Waals surface area contributed by atoms with Crippen LogP contribution in [0, 0.1) is 11.8 Å². The quantitative estimate of drug-likeness (QED) is 0.926. The smallest absolute Gasteiger partial charge is 0.243 e. The van der Waals surface area contributed by atoms with Crippen LogP contribution >= 0.6 is 0 Å². The molecule has 1 amide bonds. The second kappa shape index (κ2) is 5.42. The van der Waals surface area contributed by atoms with Gasteiger partial charge in [0.1, 0.15) is 0 Å². The molecule has 5 nitrogen and oxygen atoms in total. The molecule has 0 aromatic heterocycles. The minimum absolute atomic E-state index is 0.0256. The Hall–Kier alpha value is -1.40. The van der Waals surface area contributed by atoms with E-state index in [4.69, 9.17) is 0 Å². The van der Waals surface area contributed by atoms with Crippen molar-refractivity contribution in [2.75, 3.05) is 18.4 Å². The van der Waals surface area contributed by atoms with Crippen LogP contribution in [-0.2, 0) is 14.8 Å². The minimum Gasteiger partial charge on any atom is -0.326 e. The van der Waals surface area contributed by atoms with Gasteiger partial charge in [0.15, 0.2) is 0 Å². The number of carbonyl (C=O) groups is 1. The topological polar surface area (TPSA) is 66.5 Å². The maximum absolute atomic E-state index is 12.4. The average Bonchev–Trinajstić information content (AvgIpc) is 2.96. The van der Waals surface area contributed by atoms with Gasteiger partial charge in [-0.25, -0.2) is 8.42 Å². The zero-order valence-corrected chi connectivity index (χ0v) is 12.9. The van der Waals surface area contributed by atoms with Crippen molar-refractivity contribution >= 4 is 21.6 Å². The summed E-state index contributed by atoms with van der Waals surface area (Å²) in [7, 11) is -3.38. The maximum Gasteiger partial charge on any atom is 0.243 e. The third-order valence-electron chi connectivity index (χ3n) is 4.27. The average molecular weight is 308 g/mol. The van der Waals surface area contributed by atoms with Crippen molar-refractivity contribution in [2.45, 2.75) is 31.1 Å². The Morgan fingerprint density at radius 1 is 1.19 bits per heavy atom. The lowest BCUT2D eigenvalue weighted by Crippen LogP contribution is -2.27. The molecule has 1 heterocycles. The van der Waals surface area contributed by atoms with Crippen LogP contribution < -0.4 is 5.32 Å². The summed E-state index contributed by atoms with van der Waals surface area (Å²) < 4.78 is 26.3. The Kier molecular flexibility index (Phi) is 3.75. The standard InChI is InChI=1S/C15H20N2O3S/c1-11-10-14(11)15(18)16-12-4-6-13(7-5-12)21(19,20)17-8-2-3-9-17/h4-7,11,14H,2-3,8-10H2,1H3,(H,16,18)/t11-,14+/m0/s1. The fraction of sp³-hybridized carbons (Fsp3) is 0.533. The number of rotatable bonds is 4. The number of benzene rings is 1. The SMILES string of the molecule is C[C@H]1C[C@H]1C(=O)Nc1ccc(S(=O)(=O)N2CCCC2)cc1. The summed E-state index contributed by atoms with van der Waals surface area (Å²) in [4.78, 5) is 12.1. The Balaban J connectivity index is 1.70. The van der Waals surface area contributed by atoms with E-state index in [1.807, 2.05) is 0 Å². The van der Waals surface area contributed by atoms with Crippen LogP contribution in [0.1, 0.15) is 26.2 Å². The summed E-state index contributed by atoms with van der Waals surface area (Å²) in [5.74, 6) is 0.593. The number of nitrogens with zero attached hydrogens (tertiary/aromatic N) is 1. The molecule has 1 saturated heterocycles. The van der Waals surface area contributed by atoms with Crippen LogP contribution in [0.2, 0.25) is 0 Å². The third kappa shape index (κ3) is 2.96. The van der Waals surface area contributed by atoms with Crippen molar-refractivity contribution in [3.05, 3.63) is 24.3 Å². The van der Waals surface area contributed by atoms with Gasteiger partial charge in [0.05, 0.1) is 4.90 Å². The molecule has 2 fully saturated rings. The highest BCUT2D eigenvalue weighted by Crippen LogP contribution is 2.38. The van der Waals surface area contributed by atoms with Crippen molar-refractivity contribution < 1.29 is 13.2 Å². The van der Waals surface area contributed by atoms with Gasteiger partial charge < -0.3 is 5.32 Å². The van der Waals surface area contributed by atoms with E-state index in [1.54, 1.807) is 24.3 Å². The third-order valence-corrected chi connectivity index (χ3v) is 6.18. The molecule has 0 bridgehead atoms. The number of hydrogen-bond acceptors (Lipinski definition) is 3. The highest BCUT2D eigenvalue weighted by atomic mass is 32.2. The monoisotopic (exact) mass is 308 g/mol. The summed E-state index contributed by atoms with van der Waals surface area (Å²) in [5, 5.41) is 2.84. The summed E-state index contributed by atoms with van der Waals surface area (Å²) in [6, 6.07) is 6.46. The van der Waals surface area contributed by atoms with Crippen molar-refractivity contribution in [1.82, 2.24) is 4.31 Å². The molecule has 0 unspecified atom stereocenters. The molecule has 21 heavy (non-hydrogen) atoms. The predicted molar refractivity (Wildman–Crippen MR) is 80.3 cm³/mol. The molecule has 1 N–H and O–H groups in total. The van der Waals surface area contributed by atoms with Crippen LogP contribution in [0.4, 0.5) is 5.69 Å². The van der Waals surface area contributed by atoms with Gasteiger partial charge in [-0.1, -0.05) is 6.92 Å². The summed E-state index contributed by atoms with van der Waals surface area (Å²) in [6.07, 6.45) is 2.78. The molecule has 6 heteroatoms. The van der Waals surface area contributed by atoms with Crippen LogP contribution in [0.5, 0.6) is 0 Å². The van der Waals surface area contributed by atoms with Crippen molar-refractivity contribution in [1.29, 1.82) is 0 Å². The molecule has 1 aromatic carbocycles. The lowest BCUT2D eigenvalue weighted by Gasteiger charge is -2.15. The van der Waals surface area contributed by atoms with E-state index in [-0.39, 0.29) is 11.8 Å². The van der Waals surface area contributed by atoms with E-state index in [1.165, 1.54) is 4.31 Å². The van der Waals surface area contributed by atoms with Crippen molar-refractivity contribution in [3.63, 3.8) is 0 Å². The lowest BCUT2D eigenvalue weighted by molar-refractivity contribution is -0.117.